The second-order valence-electron chi connectivity index (χ2n) is 5.22. The minimum atomic E-state index is -0.372. The standard InChI is InChI=1S/C15H22N2O2/c1-16-6-8-17(9-7-16)11-14-5-3-2-4-13(14)10-15(19)12-18/h2-5,18H,6-12H2,1H3. The summed E-state index contributed by atoms with van der Waals surface area (Å²) in [5, 5.41) is 8.87. The molecular formula is C15H22N2O2. The molecule has 2 rings (SSSR count). The van der Waals surface area contributed by atoms with Crippen LogP contribution in [0, 0.1) is 0 Å². The van der Waals surface area contributed by atoms with Crippen LogP contribution in [0.4, 0.5) is 0 Å². The van der Waals surface area contributed by atoms with Gasteiger partial charge in [0.2, 0.25) is 0 Å². The first-order chi connectivity index (χ1) is 9.19. The van der Waals surface area contributed by atoms with Gasteiger partial charge in [-0.05, 0) is 18.2 Å². The largest absolute Gasteiger partial charge is 0.389 e. The van der Waals surface area contributed by atoms with Crippen LogP contribution in [0.5, 0.6) is 0 Å². The third-order valence-electron chi connectivity index (χ3n) is 3.67. The quantitative estimate of drug-likeness (QED) is 0.841. The molecule has 1 fully saturated rings. The van der Waals surface area contributed by atoms with Crippen molar-refractivity contribution in [1.82, 2.24) is 9.80 Å². The maximum absolute atomic E-state index is 11.4. The maximum Gasteiger partial charge on any atom is 0.162 e. The van der Waals surface area contributed by atoms with Crippen LogP contribution < -0.4 is 0 Å². The molecule has 0 saturated carbocycles. The van der Waals surface area contributed by atoms with E-state index >= 15 is 0 Å². The van der Waals surface area contributed by atoms with E-state index in [2.05, 4.69) is 22.9 Å². The van der Waals surface area contributed by atoms with Gasteiger partial charge in [-0.15, -0.1) is 0 Å². The number of hydrogen-bond acceptors (Lipinski definition) is 4. The Labute approximate surface area is 114 Å². The Morgan fingerprint density at radius 2 is 1.79 bits per heavy atom. The van der Waals surface area contributed by atoms with E-state index in [4.69, 9.17) is 5.11 Å². The summed E-state index contributed by atoms with van der Waals surface area (Å²) in [7, 11) is 2.14. The molecular weight excluding hydrogens is 240 g/mol. The fraction of sp³-hybridized carbons (Fsp3) is 0.533. The number of Topliss-reactive ketones (excluding diaryl/α,β-unsaturated/α-hetero) is 1. The molecule has 0 aromatic heterocycles. The van der Waals surface area contributed by atoms with Crippen LogP contribution in [0.3, 0.4) is 0 Å². The summed E-state index contributed by atoms with van der Waals surface area (Å²) in [5.74, 6) is -0.120. The summed E-state index contributed by atoms with van der Waals surface area (Å²) in [5.41, 5.74) is 2.24. The van der Waals surface area contributed by atoms with E-state index in [1.54, 1.807) is 0 Å². The number of likely N-dealkylation sites (N-methyl/N-ethyl adjacent to an activating group) is 1. The van der Waals surface area contributed by atoms with E-state index in [1.807, 2.05) is 18.2 Å². The van der Waals surface area contributed by atoms with E-state index in [1.165, 1.54) is 5.56 Å². The molecule has 1 N–H and O–H groups in total. The topological polar surface area (TPSA) is 43.8 Å². The van der Waals surface area contributed by atoms with Gasteiger partial charge in [-0.2, -0.15) is 0 Å². The van der Waals surface area contributed by atoms with Gasteiger partial charge in [-0.1, -0.05) is 24.3 Å². The van der Waals surface area contributed by atoms with Gasteiger partial charge in [-0.25, -0.2) is 0 Å². The monoisotopic (exact) mass is 262 g/mol. The molecule has 4 heteroatoms. The zero-order valence-electron chi connectivity index (χ0n) is 11.5. The SMILES string of the molecule is CN1CCN(Cc2ccccc2CC(=O)CO)CC1. The van der Waals surface area contributed by atoms with Crippen molar-refractivity contribution in [3.05, 3.63) is 35.4 Å². The molecule has 104 valence electrons. The molecule has 1 aromatic rings. The van der Waals surface area contributed by atoms with Crippen molar-refractivity contribution >= 4 is 5.78 Å². The summed E-state index contributed by atoms with van der Waals surface area (Å²) in [4.78, 5) is 16.1. The highest BCUT2D eigenvalue weighted by Crippen LogP contribution is 2.14. The molecule has 0 aliphatic carbocycles. The maximum atomic E-state index is 11.4. The van der Waals surface area contributed by atoms with Crippen LogP contribution in [0.15, 0.2) is 24.3 Å². The van der Waals surface area contributed by atoms with Crippen molar-refractivity contribution < 1.29 is 9.90 Å². The summed E-state index contributed by atoms with van der Waals surface area (Å²) < 4.78 is 0. The summed E-state index contributed by atoms with van der Waals surface area (Å²) in [6.07, 6.45) is 0.334. The normalized spacial score (nSPS) is 17.6. The van der Waals surface area contributed by atoms with Crippen LogP contribution in [0.1, 0.15) is 11.1 Å². The predicted octanol–water partition coefficient (Wildman–Crippen LogP) is 0.538. The number of aliphatic hydroxyl groups is 1. The predicted molar refractivity (Wildman–Crippen MR) is 75.0 cm³/mol. The van der Waals surface area contributed by atoms with Crippen molar-refractivity contribution in [2.24, 2.45) is 0 Å². The van der Waals surface area contributed by atoms with Gasteiger partial charge in [0.15, 0.2) is 5.78 Å². The van der Waals surface area contributed by atoms with Crippen LogP contribution in [0.25, 0.3) is 0 Å². The highest BCUT2D eigenvalue weighted by atomic mass is 16.3. The molecule has 0 spiro atoms. The van der Waals surface area contributed by atoms with Crippen LogP contribution in [-0.2, 0) is 17.8 Å². The average molecular weight is 262 g/mol. The van der Waals surface area contributed by atoms with E-state index in [9.17, 15) is 4.79 Å². The molecule has 4 nitrogen and oxygen atoms in total. The fourth-order valence-electron chi connectivity index (χ4n) is 2.40. The number of rotatable bonds is 5. The molecule has 0 amide bonds. The second-order valence-corrected chi connectivity index (χ2v) is 5.22. The number of carbonyl (C=O) groups excluding carboxylic acids is 1. The molecule has 1 saturated heterocycles. The lowest BCUT2D eigenvalue weighted by Crippen LogP contribution is -2.44. The van der Waals surface area contributed by atoms with Crippen molar-refractivity contribution in [3.63, 3.8) is 0 Å². The summed E-state index contributed by atoms with van der Waals surface area (Å²) in [6.45, 7) is 4.85. The average Bonchev–Trinajstić information content (AvgIpc) is 2.43. The minimum absolute atomic E-state index is 0.120. The van der Waals surface area contributed by atoms with Gasteiger partial charge in [0.25, 0.3) is 0 Å². The van der Waals surface area contributed by atoms with Gasteiger partial charge >= 0.3 is 0 Å². The highest BCUT2D eigenvalue weighted by Gasteiger charge is 2.15. The van der Waals surface area contributed by atoms with E-state index in [-0.39, 0.29) is 12.4 Å². The van der Waals surface area contributed by atoms with Gasteiger partial charge in [0, 0.05) is 39.1 Å². The Morgan fingerprint density at radius 3 is 2.42 bits per heavy atom. The first kappa shape index (κ1) is 14.2. The van der Waals surface area contributed by atoms with Gasteiger partial charge in [0.05, 0.1) is 0 Å². The smallest absolute Gasteiger partial charge is 0.162 e. The number of hydrogen-bond donors (Lipinski definition) is 1. The highest BCUT2D eigenvalue weighted by molar-refractivity contribution is 5.82. The molecule has 0 unspecified atom stereocenters. The summed E-state index contributed by atoms with van der Waals surface area (Å²) >= 11 is 0. The first-order valence-electron chi connectivity index (χ1n) is 6.79. The lowest BCUT2D eigenvalue weighted by atomic mass is 10.0. The van der Waals surface area contributed by atoms with Gasteiger partial charge in [0.1, 0.15) is 6.61 Å². The Bertz CT molecular complexity index is 426. The number of nitrogens with zero attached hydrogens (tertiary/aromatic N) is 2. The minimum Gasteiger partial charge on any atom is -0.389 e. The lowest BCUT2D eigenvalue weighted by Gasteiger charge is -2.32. The number of benzene rings is 1. The number of ketones is 1. The third kappa shape index (κ3) is 4.13. The van der Waals surface area contributed by atoms with Crippen LogP contribution in [-0.4, -0.2) is 60.5 Å². The van der Waals surface area contributed by atoms with E-state index in [0.717, 1.165) is 38.3 Å². The molecule has 0 atom stereocenters. The molecule has 1 aromatic carbocycles. The van der Waals surface area contributed by atoms with Crippen molar-refractivity contribution in [1.29, 1.82) is 0 Å². The number of aliphatic hydroxyl groups excluding tert-OH is 1. The Hall–Kier alpha value is -1.23. The zero-order valence-corrected chi connectivity index (χ0v) is 11.5. The number of carbonyl (C=O) groups is 1. The van der Waals surface area contributed by atoms with Crippen molar-refractivity contribution in [3.8, 4) is 0 Å². The van der Waals surface area contributed by atoms with E-state index in [0.29, 0.717) is 6.42 Å². The molecule has 0 radical (unpaired) electrons. The Morgan fingerprint density at radius 1 is 1.16 bits per heavy atom. The molecule has 19 heavy (non-hydrogen) atoms. The fourth-order valence-corrected chi connectivity index (χ4v) is 2.40. The summed E-state index contributed by atoms with van der Waals surface area (Å²) in [6, 6.07) is 8.03. The molecule has 0 bridgehead atoms. The second kappa shape index (κ2) is 6.80. The van der Waals surface area contributed by atoms with Crippen LogP contribution >= 0.6 is 0 Å². The third-order valence-corrected chi connectivity index (χ3v) is 3.67. The zero-order chi connectivity index (χ0) is 13.7. The molecule has 1 aliphatic rings. The van der Waals surface area contributed by atoms with Crippen molar-refractivity contribution in [2.45, 2.75) is 13.0 Å². The molecule has 1 heterocycles. The number of piperazine rings is 1. The first-order valence-corrected chi connectivity index (χ1v) is 6.79. The van der Waals surface area contributed by atoms with Crippen molar-refractivity contribution in [2.75, 3.05) is 39.8 Å². The Kier molecular flexibility index (Phi) is 5.07. The molecule has 1 aliphatic heterocycles. The lowest BCUT2D eigenvalue weighted by molar-refractivity contribution is -0.121. The van der Waals surface area contributed by atoms with Gasteiger partial charge in [-0.3, -0.25) is 9.69 Å². The van der Waals surface area contributed by atoms with Gasteiger partial charge < -0.3 is 10.0 Å². The van der Waals surface area contributed by atoms with Crippen LogP contribution in [0.2, 0.25) is 0 Å². The Balaban J connectivity index is 2.01. The van der Waals surface area contributed by atoms with E-state index < -0.39 is 0 Å².